The first kappa shape index (κ1) is 42.8. The molecule has 0 atom stereocenters. The number of hydrogen-bond acceptors (Lipinski definition) is 13. The highest BCUT2D eigenvalue weighted by atomic mass is 35.5. The second kappa shape index (κ2) is 21.9. The standard InChI is InChI=1S/C21H20N6O.C9H7N3.C6H3Cl2NO.C6H14N2O/c22-14-16-13-15-5-6-19(23-7-8-26-9-11-28-12-10-26)25-20(15)27-18-4-2-1-3-17(18)24-21(16)27;10-6-5-9-11-7-3-1-2-4-8(7)12-9;7-5-2-1-4(3-10)6(8)9-5;7-1-2-8-3-5-9-6-4-8/h1-6,13H,7-12H2,(H,23,25);1-4H,5H2,(H,11,12);1-3H;1-7H2. The van der Waals surface area contributed by atoms with Crippen molar-refractivity contribution >= 4 is 74.1 Å². The van der Waals surface area contributed by atoms with Crippen LogP contribution < -0.4 is 11.1 Å². The van der Waals surface area contributed by atoms with E-state index in [-0.39, 0.29) is 10.3 Å². The molecule has 5 aromatic heterocycles. The maximum atomic E-state index is 10.2. The maximum Gasteiger partial charge on any atom is 0.157 e. The van der Waals surface area contributed by atoms with Crippen LogP contribution in [0, 0.1) is 22.7 Å². The Balaban J connectivity index is 0.000000155. The van der Waals surface area contributed by atoms with Crippen molar-refractivity contribution in [3.8, 4) is 12.1 Å². The lowest BCUT2D eigenvalue weighted by Gasteiger charge is -2.26. The van der Waals surface area contributed by atoms with Crippen molar-refractivity contribution in [2.45, 2.75) is 6.42 Å². The Kier molecular flexibility index (Phi) is 15.9. The van der Waals surface area contributed by atoms with Gasteiger partial charge >= 0.3 is 0 Å². The Morgan fingerprint density at radius 1 is 0.814 bits per heavy atom. The molecular weight excluding hydrogens is 791 g/mol. The van der Waals surface area contributed by atoms with Crippen LogP contribution in [0.5, 0.6) is 0 Å². The number of para-hydroxylation sites is 4. The van der Waals surface area contributed by atoms with Crippen LogP contribution >= 0.6 is 23.2 Å². The first-order chi connectivity index (χ1) is 28.9. The predicted molar refractivity (Wildman–Crippen MR) is 230 cm³/mol. The van der Waals surface area contributed by atoms with E-state index in [4.69, 9.17) is 48.7 Å². The summed E-state index contributed by atoms with van der Waals surface area (Å²) in [6.07, 6.45) is 0.973. The summed E-state index contributed by atoms with van der Waals surface area (Å²) < 4.78 is 12.5. The number of halogens is 2. The third kappa shape index (κ3) is 11.7. The summed E-state index contributed by atoms with van der Waals surface area (Å²) >= 11 is 11.0. The minimum absolute atomic E-state index is 0.141. The Morgan fingerprint density at radius 3 is 2.17 bits per heavy atom. The Bertz CT molecular complexity index is 2520. The summed E-state index contributed by atoms with van der Waals surface area (Å²) in [5, 5.41) is 22.8. The van der Waals surface area contributed by atoms with Gasteiger partial charge in [-0.3, -0.25) is 19.0 Å². The highest BCUT2D eigenvalue weighted by Gasteiger charge is 2.15. The number of pyridine rings is 3. The number of hydrogen-bond donors (Lipinski definition) is 3. The molecule has 2 aliphatic rings. The van der Waals surface area contributed by atoms with Gasteiger partial charge in [-0.05, 0) is 54.6 Å². The number of aromatic amines is 1. The summed E-state index contributed by atoms with van der Waals surface area (Å²) in [5.74, 6) is 1.56. The monoisotopic (exact) mass is 834 g/mol. The number of anilines is 1. The Hall–Kier alpha value is -5.75. The molecule has 15 nitrogen and oxygen atoms in total. The molecule has 0 amide bonds. The summed E-state index contributed by atoms with van der Waals surface area (Å²) in [4.78, 5) is 35.3. The van der Waals surface area contributed by atoms with Crippen molar-refractivity contribution in [2.24, 2.45) is 5.73 Å². The van der Waals surface area contributed by atoms with Crippen LogP contribution in [0.15, 0.2) is 78.9 Å². The van der Waals surface area contributed by atoms with Gasteiger partial charge in [0.25, 0.3) is 0 Å². The van der Waals surface area contributed by atoms with E-state index in [0.29, 0.717) is 29.5 Å². The van der Waals surface area contributed by atoms with Crippen LogP contribution in [0.2, 0.25) is 10.3 Å². The molecular formula is C42H44Cl2N12O3. The van der Waals surface area contributed by atoms with Gasteiger partial charge in [0.1, 0.15) is 33.7 Å². The van der Waals surface area contributed by atoms with Gasteiger partial charge in [-0.1, -0.05) is 47.5 Å². The van der Waals surface area contributed by atoms with Gasteiger partial charge in [0.05, 0.1) is 72.1 Å². The maximum absolute atomic E-state index is 10.2. The molecule has 0 aliphatic carbocycles. The SMILES string of the molecule is N#CCc1nc2ccccc2[nH]1.N#Cc1cc2ccc(NCCN3CCOCC3)nc2n2c1nc1ccccc12.NCCN1CCOCC1.O=Cc1ccc(Cl)nc1Cl. The van der Waals surface area contributed by atoms with Gasteiger partial charge in [-0.15, -0.1) is 0 Å². The molecule has 2 aliphatic heterocycles. The number of fused-ring (bicyclic) bond motifs is 6. The first-order valence-electron chi connectivity index (χ1n) is 19.1. The second-order valence-corrected chi connectivity index (χ2v) is 14.1. The van der Waals surface area contributed by atoms with E-state index in [1.54, 1.807) is 0 Å². The van der Waals surface area contributed by atoms with E-state index >= 15 is 0 Å². The average molecular weight is 836 g/mol. The molecule has 2 saturated heterocycles. The quantitative estimate of drug-likeness (QED) is 0.124. The normalized spacial score (nSPS) is 14.3. The highest BCUT2D eigenvalue weighted by molar-refractivity contribution is 6.33. The third-order valence-corrected chi connectivity index (χ3v) is 9.89. The van der Waals surface area contributed by atoms with Crippen molar-refractivity contribution in [3.05, 3.63) is 106 Å². The van der Waals surface area contributed by atoms with Gasteiger partial charge in [-0.2, -0.15) is 10.5 Å². The molecule has 2 fully saturated rings. The summed E-state index contributed by atoms with van der Waals surface area (Å²) in [5.41, 5.74) is 11.5. The molecule has 304 valence electrons. The van der Waals surface area contributed by atoms with Gasteiger partial charge < -0.3 is 25.5 Å². The number of benzene rings is 2. The number of nitriles is 2. The van der Waals surface area contributed by atoms with Crippen molar-refractivity contribution < 1.29 is 14.3 Å². The van der Waals surface area contributed by atoms with E-state index in [2.05, 4.69) is 47.2 Å². The smallest absolute Gasteiger partial charge is 0.157 e. The number of nitrogens with two attached hydrogens (primary N) is 1. The Morgan fingerprint density at radius 2 is 1.51 bits per heavy atom. The number of aldehydes is 1. The van der Waals surface area contributed by atoms with E-state index < -0.39 is 0 Å². The summed E-state index contributed by atoms with van der Waals surface area (Å²) in [6, 6.07) is 28.8. The zero-order chi connectivity index (χ0) is 41.4. The number of rotatable bonds is 8. The minimum Gasteiger partial charge on any atom is -0.379 e. The van der Waals surface area contributed by atoms with E-state index in [1.165, 1.54) is 12.1 Å². The molecule has 0 unspecified atom stereocenters. The number of morpholine rings is 2. The van der Waals surface area contributed by atoms with E-state index in [0.717, 1.165) is 124 Å². The van der Waals surface area contributed by atoms with Crippen molar-refractivity contribution in [3.63, 3.8) is 0 Å². The fraction of sp³-hybridized carbons (Fsp3) is 0.310. The number of H-pyrrole nitrogens is 1. The van der Waals surface area contributed by atoms with Crippen molar-refractivity contribution in [1.82, 2.24) is 39.1 Å². The zero-order valence-corrected chi connectivity index (χ0v) is 33.9. The number of aromatic nitrogens is 6. The van der Waals surface area contributed by atoms with Crippen LogP contribution in [-0.2, 0) is 15.9 Å². The molecule has 17 heteroatoms. The van der Waals surface area contributed by atoms with Crippen molar-refractivity contribution in [1.29, 1.82) is 10.5 Å². The van der Waals surface area contributed by atoms with Gasteiger partial charge in [0.15, 0.2) is 11.9 Å². The number of carbonyl (C=O) groups is 1. The molecule has 7 aromatic rings. The third-order valence-electron chi connectivity index (χ3n) is 9.38. The number of carbonyl (C=O) groups excluding carboxylic acids is 1. The lowest BCUT2D eigenvalue weighted by molar-refractivity contribution is 0.0394. The largest absolute Gasteiger partial charge is 0.379 e. The molecule has 0 radical (unpaired) electrons. The fourth-order valence-corrected chi connectivity index (χ4v) is 6.81. The highest BCUT2D eigenvalue weighted by Crippen LogP contribution is 2.26. The van der Waals surface area contributed by atoms with Gasteiger partial charge in [0.2, 0.25) is 0 Å². The number of imidazole rings is 2. The summed E-state index contributed by atoms with van der Waals surface area (Å²) in [7, 11) is 0. The van der Waals surface area contributed by atoms with Crippen LogP contribution in [0.4, 0.5) is 5.82 Å². The molecule has 0 bridgehead atoms. The number of nitrogens with zero attached hydrogens (tertiary/aromatic N) is 9. The molecule has 0 saturated carbocycles. The zero-order valence-electron chi connectivity index (χ0n) is 32.4. The first-order valence-corrected chi connectivity index (χ1v) is 19.9. The molecule has 2 aromatic carbocycles. The minimum atomic E-state index is 0.141. The van der Waals surface area contributed by atoms with Gasteiger partial charge in [0, 0.05) is 57.7 Å². The Labute approximate surface area is 351 Å². The lowest BCUT2D eigenvalue weighted by atomic mass is 10.2. The molecule has 9 rings (SSSR count). The fourth-order valence-electron chi connectivity index (χ4n) is 6.42. The molecule has 4 N–H and O–H groups in total. The topological polar surface area (TPSA) is 199 Å². The number of ether oxygens (including phenoxy) is 2. The summed E-state index contributed by atoms with van der Waals surface area (Å²) in [6.45, 7) is 11.0. The van der Waals surface area contributed by atoms with E-state index in [1.807, 2.05) is 71.1 Å². The number of nitrogens with one attached hydrogen (secondary N) is 2. The molecule has 7 heterocycles. The molecule has 59 heavy (non-hydrogen) atoms. The molecule has 0 spiro atoms. The van der Waals surface area contributed by atoms with Gasteiger partial charge in [-0.25, -0.2) is 19.9 Å². The lowest BCUT2D eigenvalue weighted by Crippen LogP contribution is -2.39. The predicted octanol–water partition coefficient (Wildman–Crippen LogP) is 5.76. The second-order valence-electron chi connectivity index (χ2n) is 13.3. The van der Waals surface area contributed by atoms with Crippen LogP contribution in [0.3, 0.4) is 0 Å². The van der Waals surface area contributed by atoms with Crippen LogP contribution in [0.25, 0.3) is 38.7 Å². The van der Waals surface area contributed by atoms with Crippen LogP contribution in [0.1, 0.15) is 21.7 Å². The van der Waals surface area contributed by atoms with Crippen molar-refractivity contribution in [2.75, 3.05) is 84.1 Å². The average Bonchev–Trinajstić information content (AvgIpc) is 3.87. The van der Waals surface area contributed by atoms with Crippen LogP contribution in [-0.4, -0.2) is 124 Å². The van der Waals surface area contributed by atoms with E-state index in [9.17, 15) is 10.1 Å².